The molecule has 29 heavy (non-hydrogen) atoms. The van der Waals surface area contributed by atoms with Crippen molar-refractivity contribution in [3.05, 3.63) is 48.0 Å². The van der Waals surface area contributed by atoms with E-state index in [-0.39, 0.29) is 17.8 Å². The van der Waals surface area contributed by atoms with E-state index in [1.54, 1.807) is 18.3 Å². The Hall–Kier alpha value is -2.80. The van der Waals surface area contributed by atoms with Gasteiger partial charge in [0, 0.05) is 42.8 Å². The number of carbonyl (C=O) groups excluding carboxylic acids is 1. The lowest BCUT2D eigenvalue weighted by molar-refractivity contribution is 0.0698. The molecule has 3 aromatic rings. The van der Waals surface area contributed by atoms with Gasteiger partial charge in [-0.05, 0) is 58.1 Å². The summed E-state index contributed by atoms with van der Waals surface area (Å²) in [6.45, 7) is 7.30. The number of pyridine rings is 1. The SMILES string of the molecule is CCn1cc(-c2cc(C(=O)N3CCCN(C)CC3C)c3cc(F)ccc3n2)cn1. The van der Waals surface area contributed by atoms with Crippen LogP contribution in [0.1, 0.15) is 30.6 Å². The quantitative estimate of drug-likeness (QED) is 0.682. The van der Waals surface area contributed by atoms with E-state index in [4.69, 9.17) is 0 Å². The van der Waals surface area contributed by atoms with E-state index in [0.717, 1.165) is 31.6 Å². The van der Waals surface area contributed by atoms with Crippen LogP contribution in [-0.4, -0.2) is 63.2 Å². The first kappa shape index (κ1) is 19.5. The van der Waals surface area contributed by atoms with Crippen molar-refractivity contribution in [1.82, 2.24) is 24.6 Å². The van der Waals surface area contributed by atoms with Crippen LogP contribution in [0.25, 0.3) is 22.2 Å². The second kappa shape index (κ2) is 7.91. The topological polar surface area (TPSA) is 54.3 Å². The number of carbonyl (C=O) groups is 1. The van der Waals surface area contributed by atoms with E-state index in [1.165, 1.54) is 12.1 Å². The molecule has 152 valence electrons. The van der Waals surface area contributed by atoms with Crippen molar-refractivity contribution in [2.24, 2.45) is 0 Å². The molecule has 0 saturated carbocycles. The number of aromatic nitrogens is 3. The molecule has 4 rings (SSSR count). The predicted octanol–water partition coefficient (Wildman–Crippen LogP) is 3.42. The van der Waals surface area contributed by atoms with E-state index in [0.29, 0.717) is 28.7 Å². The third kappa shape index (κ3) is 3.87. The molecule has 0 radical (unpaired) electrons. The summed E-state index contributed by atoms with van der Waals surface area (Å²) in [7, 11) is 2.07. The van der Waals surface area contributed by atoms with Crippen LogP contribution in [0.4, 0.5) is 4.39 Å². The normalized spacial score (nSPS) is 18.2. The van der Waals surface area contributed by atoms with Crippen molar-refractivity contribution in [2.45, 2.75) is 32.9 Å². The Morgan fingerprint density at radius 1 is 1.28 bits per heavy atom. The minimum atomic E-state index is -0.372. The number of likely N-dealkylation sites (N-methyl/N-ethyl adjacent to an activating group) is 1. The number of hydrogen-bond acceptors (Lipinski definition) is 4. The van der Waals surface area contributed by atoms with Gasteiger partial charge in [-0.2, -0.15) is 5.10 Å². The molecule has 1 fully saturated rings. The van der Waals surface area contributed by atoms with Crippen LogP contribution < -0.4 is 0 Å². The maximum Gasteiger partial charge on any atom is 0.254 e. The van der Waals surface area contributed by atoms with E-state index in [1.807, 2.05) is 22.7 Å². The zero-order valence-corrected chi connectivity index (χ0v) is 17.1. The summed E-state index contributed by atoms with van der Waals surface area (Å²) in [5.74, 6) is -0.446. The average molecular weight is 395 g/mol. The van der Waals surface area contributed by atoms with E-state index < -0.39 is 0 Å². The Labute approximate surface area is 169 Å². The van der Waals surface area contributed by atoms with Crippen LogP contribution in [0, 0.1) is 5.82 Å². The van der Waals surface area contributed by atoms with Crippen LogP contribution >= 0.6 is 0 Å². The standard InChI is InChI=1S/C22H26FN5O/c1-4-27-14-16(12-24-27)21-11-19(18-10-17(23)6-7-20(18)25-21)22(29)28-9-5-8-26(3)13-15(28)2/h6-7,10-12,14-15H,4-5,8-9,13H2,1-3H3. The first-order chi connectivity index (χ1) is 14.0. The highest BCUT2D eigenvalue weighted by molar-refractivity contribution is 6.07. The van der Waals surface area contributed by atoms with Crippen molar-refractivity contribution in [3.8, 4) is 11.3 Å². The summed E-state index contributed by atoms with van der Waals surface area (Å²) >= 11 is 0. The number of halogens is 1. The molecule has 7 heteroatoms. The van der Waals surface area contributed by atoms with Gasteiger partial charge in [0.15, 0.2) is 0 Å². The molecule has 0 N–H and O–H groups in total. The molecule has 0 aliphatic carbocycles. The van der Waals surface area contributed by atoms with Crippen molar-refractivity contribution in [1.29, 1.82) is 0 Å². The number of rotatable bonds is 3. The van der Waals surface area contributed by atoms with Gasteiger partial charge in [-0.15, -0.1) is 0 Å². The fraction of sp³-hybridized carbons (Fsp3) is 0.409. The number of fused-ring (bicyclic) bond motifs is 1. The van der Waals surface area contributed by atoms with E-state index >= 15 is 0 Å². The molecular weight excluding hydrogens is 369 g/mol. The van der Waals surface area contributed by atoms with Gasteiger partial charge in [-0.25, -0.2) is 9.37 Å². The number of benzene rings is 1. The molecule has 6 nitrogen and oxygen atoms in total. The fourth-order valence-corrected chi connectivity index (χ4v) is 4.02. The Morgan fingerprint density at radius 3 is 2.86 bits per heavy atom. The molecule has 2 aromatic heterocycles. The maximum absolute atomic E-state index is 14.0. The highest BCUT2D eigenvalue weighted by atomic mass is 19.1. The van der Waals surface area contributed by atoms with Gasteiger partial charge in [-0.1, -0.05) is 0 Å². The minimum absolute atomic E-state index is 0.0741. The monoisotopic (exact) mass is 395 g/mol. The van der Waals surface area contributed by atoms with Crippen molar-refractivity contribution >= 4 is 16.8 Å². The summed E-state index contributed by atoms with van der Waals surface area (Å²) < 4.78 is 15.8. The minimum Gasteiger partial charge on any atom is -0.335 e. The largest absolute Gasteiger partial charge is 0.335 e. The highest BCUT2D eigenvalue weighted by Crippen LogP contribution is 2.27. The molecule has 1 aliphatic heterocycles. The van der Waals surface area contributed by atoms with E-state index in [2.05, 4.69) is 29.0 Å². The van der Waals surface area contributed by atoms with Crippen LogP contribution in [0.2, 0.25) is 0 Å². The Balaban J connectivity index is 1.82. The second-order valence-electron chi connectivity index (χ2n) is 7.76. The average Bonchev–Trinajstić information content (AvgIpc) is 3.12. The van der Waals surface area contributed by atoms with Gasteiger partial charge in [0.1, 0.15) is 5.82 Å². The molecule has 0 bridgehead atoms. The number of amides is 1. The molecule has 1 aliphatic rings. The second-order valence-corrected chi connectivity index (χ2v) is 7.76. The summed E-state index contributed by atoms with van der Waals surface area (Å²) in [6.07, 6.45) is 4.58. The van der Waals surface area contributed by atoms with Crippen LogP contribution in [0.5, 0.6) is 0 Å². The number of aryl methyl sites for hydroxylation is 1. The lowest BCUT2D eigenvalue weighted by atomic mass is 10.0. The zero-order valence-electron chi connectivity index (χ0n) is 17.1. The number of hydrogen-bond donors (Lipinski definition) is 0. The van der Waals surface area contributed by atoms with Gasteiger partial charge in [0.05, 0.1) is 23.0 Å². The zero-order chi connectivity index (χ0) is 20.5. The first-order valence-corrected chi connectivity index (χ1v) is 10.1. The van der Waals surface area contributed by atoms with E-state index in [9.17, 15) is 9.18 Å². The van der Waals surface area contributed by atoms with Crippen LogP contribution in [0.15, 0.2) is 36.7 Å². The molecular formula is C22H26FN5O. The third-order valence-electron chi connectivity index (χ3n) is 5.56. The van der Waals surface area contributed by atoms with Gasteiger partial charge in [-0.3, -0.25) is 9.48 Å². The van der Waals surface area contributed by atoms with Crippen LogP contribution in [0.3, 0.4) is 0 Å². The van der Waals surface area contributed by atoms with Crippen molar-refractivity contribution in [3.63, 3.8) is 0 Å². The molecule has 1 atom stereocenters. The molecule has 1 unspecified atom stereocenters. The summed E-state index contributed by atoms with van der Waals surface area (Å²) in [5, 5.41) is 4.87. The summed E-state index contributed by atoms with van der Waals surface area (Å²) in [4.78, 5) is 22.4. The first-order valence-electron chi connectivity index (χ1n) is 10.1. The van der Waals surface area contributed by atoms with Crippen molar-refractivity contribution in [2.75, 3.05) is 26.7 Å². The van der Waals surface area contributed by atoms with Crippen LogP contribution in [-0.2, 0) is 6.54 Å². The molecule has 1 amide bonds. The number of nitrogens with zero attached hydrogens (tertiary/aromatic N) is 5. The fourth-order valence-electron chi connectivity index (χ4n) is 4.02. The van der Waals surface area contributed by atoms with Gasteiger partial charge in [0.25, 0.3) is 5.91 Å². The molecule has 3 heterocycles. The van der Waals surface area contributed by atoms with Crippen molar-refractivity contribution < 1.29 is 9.18 Å². The van der Waals surface area contributed by atoms with Gasteiger partial charge >= 0.3 is 0 Å². The highest BCUT2D eigenvalue weighted by Gasteiger charge is 2.27. The molecule has 1 saturated heterocycles. The Kier molecular flexibility index (Phi) is 5.32. The summed E-state index contributed by atoms with van der Waals surface area (Å²) in [6, 6.07) is 6.28. The smallest absolute Gasteiger partial charge is 0.254 e. The van der Waals surface area contributed by atoms with Gasteiger partial charge < -0.3 is 9.80 Å². The molecule has 0 spiro atoms. The lowest BCUT2D eigenvalue weighted by Crippen LogP contribution is -2.42. The lowest BCUT2D eigenvalue weighted by Gasteiger charge is -2.28. The predicted molar refractivity (Wildman–Crippen MR) is 111 cm³/mol. The van der Waals surface area contributed by atoms with Gasteiger partial charge in [0.2, 0.25) is 0 Å². The summed E-state index contributed by atoms with van der Waals surface area (Å²) in [5.41, 5.74) is 2.61. The Bertz CT molecular complexity index is 1050. The maximum atomic E-state index is 14.0. The molecule has 1 aromatic carbocycles. The Morgan fingerprint density at radius 2 is 2.10 bits per heavy atom. The third-order valence-corrected chi connectivity index (χ3v) is 5.56.